The molecule has 0 aliphatic heterocycles. The van der Waals surface area contributed by atoms with Crippen LogP contribution in [0.5, 0.6) is 0 Å². The maximum Gasteiger partial charge on any atom is 0.193 e. The van der Waals surface area contributed by atoms with Crippen molar-refractivity contribution >= 4 is 47.0 Å². The van der Waals surface area contributed by atoms with E-state index in [2.05, 4.69) is 41.3 Å². The van der Waals surface area contributed by atoms with Gasteiger partial charge in [0.25, 0.3) is 0 Å². The molecule has 6 heteroatoms. The molecule has 114 valence electrons. The van der Waals surface area contributed by atoms with Crippen LogP contribution in [0.3, 0.4) is 0 Å². The summed E-state index contributed by atoms with van der Waals surface area (Å²) in [5.41, 5.74) is 9.22. The number of nitrogens with zero attached hydrogens (tertiary/aromatic N) is 2. The largest absolute Gasteiger partial charge is 0.370 e. The van der Waals surface area contributed by atoms with Crippen LogP contribution >= 0.6 is 35.3 Å². The minimum absolute atomic E-state index is 0. The van der Waals surface area contributed by atoms with Crippen LogP contribution in [-0.4, -0.2) is 10.9 Å². The molecule has 4 nitrogen and oxygen atoms in total. The highest BCUT2D eigenvalue weighted by Crippen LogP contribution is 2.17. The van der Waals surface area contributed by atoms with Crippen LogP contribution in [0, 0.1) is 13.8 Å². The van der Waals surface area contributed by atoms with Crippen LogP contribution in [0.1, 0.15) is 28.1 Å². The fourth-order valence-corrected chi connectivity index (χ4v) is 2.67. The van der Waals surface area contributed by atoms with Crippen molar-refractivity contribution in [2.24, 2.45) is 10.7 Å². The molecule has 1 aromatic heterocycles. The molecule has 2 aromatic rings. The van der Waals surface area contributed by atoms with E-state index in [4.69, 9.17) is 5.73 Å². The predicted octanol–water partition coefficient (Wildman–Crippen LogP) is 3.87. The monoisotopic (exact) mass is 416 g/mol. The van der Waals surface area contributed by atoms with Crippen molar-refractivity contribution in [2.45, 2.75) is 33.7 Å². The summed E-state index contributed by atoms with van der Waals surface area (Å²) in [6.07, 6.45) is 1.00. The number of rotatable bonds is 4. The van der Waals surface area contributed by atoms with Crippen LogP contribution in [0.15, 0.2) is 29.3 Å². The molecule has 0 aliphatic rings. The molecule has 0 radical (unpaired) electrons. The van der Waals surface area contributed by atoms with E-state index in [1.54, 1.807) is 11.3 Å². The van der Waals surface area contributed by atoms with Gasteiger partial charge in [-0.1, -0.05) is 19.1 Å². The van der Waals surface area contributed by atoms with E-state index in [1.807, 2.05) is 19.1 Å². The molecule has 0 saturated carbocycles. The van der Waals surface area contributed by atoms with E-state index in [1.165, 1.54) is 10.4 Å². The van der Waals surface area contributed by atoms with Gasteiger partial charge in [0.15, 0.2) is 5.96 Å². The number of nitrogens with one attached hydrogen (secondary N) is 1. The molecule has 3 N–H and O–H groups in total. The molecule has 0 amide bonds. The second-order valence-corrected chi connectivity index (χ2v) is 5.92. The van der Waals surface area contributed by atoms with E-state index in [0.29, 0.717) is 12.5 Å². The number of aryl methyl sites for hydroxylation is 3. The van der Waals surface area contributed by atoms with Gasteiger partial charge in [0, 0.05) is 10.6 Å². The van der Waals surface area contributed by atoms with Gasteiger partial charge in [-0.3, -0.25) is 0 Å². The number of benzene rings is 1. The number of guanidine groups is 1. The summed E-state index contributed by atoms with van der Waals surface area (Å²) < 4.78 is 0. The predicted molar refractivity (Wildman–Crippen MR) is 102 cm³/mol. The van der Waals surface area contributed by atoms with E-state index in [0.717, 1.165) is 22.8 Å². The zero-order chi connectivity index (χ0) is 14.5. The highest BCUT2D eigenvalue weighted by atomic mass is 127. The van der Waals surface area contributed by atoms with Gasteiger partial charge in [0.05, 0.1) is 12.2 Å². The molecular weight excluding hydrogens is 395 g/mol. The van der Waals surface area contributed by atoms with Gasteiger partial charge in [0.2, 0.25) is 0 Å². The zero-order valence-corrected chi connectivity index (χ0v) is 15.7. The van der Waals surface area contributed by atoms with Crippen LogP contribution in [0.25, 0.3) is 0 Å². The minimum Gasteiger partial charge on any atom is -0.370 e. The lowest BCUT2D eigenvalue weighted by Crippen LogP contribution is -2.22. The Kier molecular flexibility index (Phi) is 7.10. The summed E-state index contributed by atoms with van der Waals surface area (Å²) in [5.74, 6) is 0.420. The lowest BCUT2D eigenvalue weighted by Gasteiger charge is -2.06. The Morgan fingerprint density at radius 3 is 2.76 bits per heavy atom. The van der Waals surface area contributed by atoms with Crippen LogP contribution in [-0.2, 0) is 13.0 Å². The van der Waals surface area contributed by atoms with Crippen LogP contribution in [0.2, 0.25) is 0 Å². The fraction of sp³-hybridized carbons (Fsp3) is 0.333. The van der Waals surface area contributed by atoms with Gasteiger partial charge in [0.1, 0.15) is 5.01 Å². The lowest BCUT2D eigenvalue weighted by molar-refractivity contribution is 1.01. The molecule has 0 unspecified atom stereocenters. The quantitative estimate of drug-likeness (QED) is 0.452. The van der Waals surface area contributed by atoms with Crippen molar-refractivity contribution in [3.05, 3.63) is 45.4 Å². The Balaban J connectivity index is 0.00000220. The number of hydrogen-bond donors (Lipinski definition) is 2. The van der Waals surface area contributed by atoms with Gasteiger partial charge >= 0.3 is 0 Å². The molecule has 0 fully saturated rings. The Labute approximate surface area is 146 Å². The topological polar surface area (TPSA) is 63.3 Å². The summed E-state index contributed by atoms with van der Waals surface area (Å²) in [6, 6.07) is 8.18. The first-order valence-electron chi connectivity index (χ1n) is 6.67. The Hall–Kier alpha value is -1.15. The number of aliphatic imine (C=N–C) groups is 1. The summed E-state index contributed by atoms with van der Waals surface area (Å²) in [6.45, 7) is 6.73. The average Bonchev–Trinajstić information content (AvgIpc) is 2.76. The molecule has 1 aromatic carbocycles. The molecule has 0 saturated heterocycles. The maximum atomic E-state index is 5.91. The number of hydrogen-bond acceptors (Lipinski definition) is 3. The van der Waals surface area contributed by atoms with Crippen molar-refractivity contribution in [1.29, 1.82) is 0 Å². The van der Waals surface area contributed by atoms with Gasteiger partial charge in [-0.25, -0.2) is 9.98 Å². The van der Waals surface area contributed by atoms with E-state index in [-0.39, 0.29) is 24.0 Å². The third-order valence-corrected chi connectivity index (χ3v) is 4.12. The second kappa shape index (κ2) is 8.33. The van der Waals surface area contributed by atoms with Gasteiger partial charge in [-0.05, 0) is 38.0 Å². The number of halogens is 1. The lowest BCUT2D eigenvalue weighted by atomic mass is 10.1. The van der Waals surface area contributed by atoms with Crippen molar-refractivity contribution < 1.29 is 0 Å². The van der Waals surface area contributed by atoms with E-state index < -0.39 is 0 Å². The third-order valence-electron chi connectivity index (χ3n) is 3.07. The van der Waals surface area contributed by atoms with Crippen molar-refractivity contribution in [1.82, 2.24) is 4.98 Å². The normalized spacial score (nSPS) is 11.1. The minimum atomic E-state index is 0. The highest BCUT2D eigenvalue weighted by molar-refractivity contribution is 14.0. The zero-order valence-electron chi connectivity index (χ0n) is 12.5. The van der Waals surface area contributed by atoms with E-state index in [9.17, 15) is 0 Å². The number of thiazole rings is 1. The molecule has 0 bridgehead atoms. The second-order valence-electron chi connectivity index (χ2n) is 4.63. The Morgan fingerprint density at radius 2 is 2.14 bits per heavy atom. The van der Waals surface area contributed by atoms with Gasteiger partial charge < -0.3 is 11.1 Å². The van der Waals surface area contributed by atoms with Gasteiger partial charge in [-0.2, -0.15) is 0 Å². The summed E-state index contributed by atoms with van der Waals surface area (Å²) in [7, 11) is 0. The SMILES string of the molecule is CCc1cccc(NC(N)=NCc2nc(C)c(C)s2)c1.I. The molecule has 0 atom stereocenters. The average molecular weight is 416 g/mol. The Bertz CT molecular complexity index is 602. The molecule has 0 spiro atoms. The van der Waals surface area contributed by atoms with Crippen LogP contribution in [0.4, 0.5) is 5.69 Å². The molecule has 2 rings (SSSR count). The first-order chi connectivity index (χ1) is 9.58. The smallest absolute Gasteiger partial charge is 0.193 e. The molecule has 0 aliphatic carbocycles. The summed E-state index contributed by atoms with van der Waals surface area (Å²) in [4.78, 5) is 10.0. The summed E-state index contributed by atoms with van der Waals surface area (Å²) >= 11 is 1.67. The maximum absolute atomic E-state index is 5.91. The van der Waals surface area contributed by atoms with Crippen molar-refractivity contribution in [3.63, 3.8) is 0 Å². The van der Waals surface area contributed by atoms with Crippen molar-refractivity contribution in [2.75, 3.05) is 5.32 Å². The Morgan fingerprint density at radius 1 is 1.38 bits per heavy atom. The van der Waals surface area contributed by atoms with Crippen molar-refractivity contribution in [3.8, 4) is 0 Å². The molecule has 21 heavy (non-hydrogen) atoms. The van der Waals surface area contributed by atoms with Crippen LogP contribution < -0.4 is 11.1 Å². The third kappa shape index (κ3) is 5.28. The number of aromatic nitrogens is 1. The van der Waals surface area contributed by atoms with E-state index >= 15 is 0 Å². The van der Waals surface area contributed by atoms with Gasteiger partial charge in [-0.15, -0.1) is 35.3 Å². The fourth-order valence-electron chi connectivity index (χ4n) is 1.82. The summed E-state index contributed by atoms with van der Waals surface area (Å²) in [5, 5.41) is 4.11. The standard InChI is InChI=1S/C15H20N4S.HI/c1-4-12-6-5-7-13(8-12)19-15(16)17-9-14-18-10(2)11(3)20-14;/h5-8H,4,9H2,1-3H3,(H3,16,17,19);1H. The highest BCUT2D eigenvalue weighted by Gasteiger charge is 2.03. The number of nitrogens with two attached hydrogens (primary N) is 1. The first kappa shape index (κ1) is 17.9. The molecule has 1 heterocycles. The first-order valence-corrected chi connectivity index (χ1v) is 7.49. The number of anilines is 1. The molecular formula is C15H21IN4S.